The number of hydrogen-bond donors (Lipinski definition) is 2. The van der Waals surface area contributed by atoms with Crippen molar-refractivity contribution in [3.8, 4) is 22.8 Å². The Morgan fingerprint density at radius 2 is 1.91 bits per heavy atom. The molecule has 238 valence electrons. The predicted octanol–water partition coefficient (Wildman–Crippen LogP) is 7.59. The van der Waals surface area contributed by atoms with Crippen molar-refractivity contribution in [3.05, 3.63) is 90.2 Å². The third-order valence-electron chi connectivity index (χ3n) is 8.72. The number of pyridine rings is 2. The zero-order valence-electron chi connectivity index (χ0n) is 27.1. The van der Waals surface area contributed by atoms with Gasteiger partial charge in [0.1, 0.15) is 17.0 Å². The Hall–Kier alpha value is -4.47. The first-order valence-corrected chi connectivity index (χ1v) is 16.3. The van der Waals surface area contributed by atoms with E-state index < -0.39 is 0 Å². The van der Waals surface area contributed by atoms with Gasteiger partial charge in [-0.05, 0) is 139 Å². The van der Waals surface area contributed by atoms with E-state index in [1.54, 1.807) is 12.3 Å². The number of nitrogens with zero attached hydrogens (tertiary/aromatic N) is 6. The van der Waals surface area contributed by atoms with Crippen molar-refractivity contribution in [2.24, 2.45) is 0 Å². The van der Waals surface area contributed by atoms with Crippen molar-refractivity contribution in [1.82, 2.24) is 39.9 Å². The van der Waals surface area contributed by atoms with Crippen LogP contribution >= 0.6 is 0 Å². The van der Waals surface area contributed by atoms with Gasteiger partial charge in [0, 0.05) is 17.1 Å². The highest BCUT2D eigenvalue weighted by molar-refractivity contribution is 5.96. The second kappa shape index (κ2) is 14.3. The molecule has 0 aliphatic carbocycles. The molecule has 0 radical (unpaired) electrons. The number of allylic oxidation sites excluding steroid dienone is 5. The van der Waals surface area contributed by atoms with E-state index in [0.717, 1.165) is 72.0 Å². The molecule has 5 heterocycles. The highest BCUT2D eigenvalue weighted by Crippen LogP contribution is 2.32. The molecule has 0 unspecified atom stereocenters. The minimum Gasteiger partial charge on any atom is -0.336 e. The molecule has 46 heavy (non-hydrogen) atoms. The summed E-state index contributed by atoms with van der Waals surface area (Å²) in [6.07, 6.45) is 16.2. The van der Waals surface area contributed by atoms with Gasteiger partial charge < -0.3 is 14.8 Å². The number of likely N-dealkylation sites (tertiary alicyclic amines) is 1. The molecule has 1 aliphatic heterocycles. The van der Waals surface area contributed by atoms with Crippen molar-refractivity contribution in [3.63, 3.8) is 0 Å². The lowest BCUT2D eigenvalue weighted by Crippen LogP contribution is -2.20. The molecule has 1 aromatic carbocycles. The second-order valence-corrected chi connectivity index (χ2v) is 12.4. The summed E-state index contributed by atoms with van der Waals surface area (Å²) < 4.78 is 14.8. The van der Waals surface area contributed by atoms with E-state index in [1.807, 2.05) is 45.4 Å². The molecule has 0 saturated carbocycles. The van der Waals surface area contributed by atoms with Crippen LogP contribution in [0.3, 0.4) is 0 Å². The Bertz CT molecular complexity index is 1890. The molecule has 1 aliphatic rings. The average Bonchev–Trinajstić information content (AvgIpc) is 3.81. The van der Waals surface area contributed by atoms with Gasteiger partial charge in [-0.3, -0.25) is 15.1 Å². The summed E-state index contributed by atoms with van der Waals surface area (Å²) in [5.74, 6) is 0.340. The van der Waals surface area contributed by atoms with Crippen LogP contribution in [0.1, 0.15) is 50.3 Å². The fourth-order valence-corrected chi connectivity index (χ4v) is 6.30. The third-order valence-corrected chi connectivity index (χ3v) is 8.72. The number of hydrogen-bond acceptors (Lipinski definition) is 6. The van der Waals surface area contributed by atoms with E-state index in [1.165, 1.54) is 37.6 Å². The zero-order valence-corrected chi connectivity index (χ0v) is 27.1. The molecular weight excluding hydrogens is 575 g/mol. The van der Waals surface area contributed by atoms with Crippen LogP contribution in [0.2, 0.25) is 0 Å². The molecule has 9 heteroatoms. The maximum atomic E-state index is 14.8. The number of nitrogens with one attached hydrogen (secondary N) is 2. The summed E-state index contributed by atoms with van der Waals surface area (Å²) in [4.78, 5) is 22.5. The first-order chi connectivity index (χ1) is 22.4. The maximum absolute atomic E-state index is 14.8. The van der Waals surface area contributed by atoms with Crippen LogP contribution in [0.5, 0.6) is 0 Å². The van der Waals surface area contributed by atoms with Gasteiger partial charge in [-0.2, -0.15) is 5.10 Å². The van der Waals surface area contributed by atoms with E-state index in [9.17, 15) is 4.39 Å². The largest absolute Gasteiger partial charge is 0.336 e. The van der Waals surface area contributed by atoms with Crippen LogP contribution < -0.4 is 0 Å². The van der Waals surface area contributed by atoms with E-state index in [4.69, 9.17) is 9.97 Å². The van der Waals surface area contributed by atoms with Crippen LogP contribution in [0.4, 0.5) is 4.39 Å². The topological polar surface area (TPSA) is 89.6 Å². The number of H-pyrrole nitrogens is 2. The van der Waals surface area contributed by atoms with Crippen LogP contribution in [0.25, 0.3) is 50.3 Å². The first kappa shape index (κ1) is 31.5. The number of halogens is 1. The Labute approximate surface area is 270 Å². The number of fused-ring (bicyclic) bond motifs is 2. The predicted molar refractivity (Wildman–Crippen MR) is 186 cm³/mol. The lowest BCUT2D eigenvalue weighted by Gasteiger charge is -2.14. The fourth-order valence-electron chi connectivity index (χ4n) is 6.30. The van der Waals surface area contributed by atoms with Gasteiger partial charge in [0.05, 0.1) is 28.6 Å². The van der Waals surface area contributed by atoms with Crippen molar-refractivity contribution in [2.45, 2.75) is 45.4 Å². The number of aromatic amines is 2. The Morgan fingerprint density at radius 3 is 2.70 bits per heavy atom. The fraction of sp³-hybridized carbons (Fsp3) is 0.351. The van der Waals surface area contributed by atoms with E-state index >= 15 is 0 Å². The molecule has 6 rings (SSSR count). The number of imidazole rings is 1. The molecule has 4 aromatic heterocycles. The Morgan fingerprint density at radius 1 is 1.07 bits per heavy atom. The molecule has 1 fully saturated rings. The van der Waals surface area contributed by atoms with Gasteiger partial charge in [-0.15, -0.1) is 0 Å². The van der Waals surface area contributed by atoms with E-state index in [2.05, 4.69) is 54.8 Å². The number of rotatable bonds is 13. The van der Waals surface area contributed by atoms with Gasteiger partial charge in [0.15, 0.2) is 5.82 Å². The van der Waals surface area contributed by atoms with E-state index in [-0.39, 0.29) is 5.82 Å². The van der Waals surface area contributed by atoms with Gasteiger partial charge in [0.25, 0.3) is 0 Å². The molecule has 0 bridgehead atoms. The summed E-state index contributed by atoms with van der Waals surface area (Å²) >= 11 is 0. The quantitative estimate of drug-likeness (QED) is 0.132. The summed E-state index contributed by atoms with van der Waals surface area (Å²) in [5.41, 5.74) is 8.40. The minimum absolute atomic E-state index is 0.273. The summed E-state index contributed by atoms with van der Waals surface area (Å²) in [6.45, 7) is 10.6. The number of aromatic nitrogens is 6. The molecule has 0 amide bonds. The number of aryl methyl sites for hydroxylation is 1. The van der Waals surface area contributed by atoms with Crippen LogP contribution in [0, 0.1) is 5.82 Å². The minimum atomic E-state index is -0.273. The molecular formula is C37H43FN8. The lowest BCUT2D eigenvalue weighted by molar-refractivity contribution is 0.334. The molecule has 2 N–H and O–H groups in total. The SMILES string of the molecule is C=C/C(=C\C(=C/C)c1cc2c(-c3nc4c(-c5cc(F)cc(CCCN(C)C)c5)nccc4[nH]3)n[nH]c2cn1)CCCN1CCCC1. The van der Waals surface area contributed by atoms with Gasteiger partial charge >= 0.3 is 0 Å². The molecule has 1 saturated heterocycles. The normalized spacial score (nSPS) is 14.7. The third kappa shape index (κ3) is 7.16. The van der Waals surface area contributed by atoms with Gasteiger partial charge in [-0.25, -0.2) is 9.37 Å². The molecule has 8 nitrogen and oxygen atoms in total. The summed E-state index contributed by atoms with van der Waals surface area (Å²) in [7, 11) is 4.09. The van der Waals surface area contributed by atoms with Crippen LogP contribution in [-0.2, 0) is 6.42 Å². The summed E-state index contributed by atoms with van der Waals surface area (Å²) in [5, 5.41) is 8.65. The molecule has 0 spiro atoms. The molecule has 0 atom stereocenters. The monoisotopic (exact) mass is 618 g/mol. The lowest BCUT2D eigenvalue weighted by atomic mass is 10.0. The maximum Gasteiger partial charge on any atom is 0.159 e. The standard InChI is InChI=1S/C37H43FN8/c1-5-25(11-10-18-46-16-7-8-17-46)19-27(6-2)32-23-30-33(24-40-32)43-44-35(30)37-41-31-13-14-39-34(36(31)42-37)28-20-26(21-29(38)22-28)12-9-15-45(3)4/h5-6,13-14,19-24H,1,7-12,15-18H2,2-4H3,(H,41,42)(H,43,44)/b25-19+,27-6+. The van der Waals surface area contributed by atoms with Crippen molar-refractivity contribution >= 4 is 27.5 Å². The van der Waals surface area contributed by atoms with Crippen molar-refractivity contribution in [2.75, 3.05) is 40.3 Å². The zero-order chi connectivity index (χ0) is 32.0. The smallest absolute Gasteiger partial charge is 0.159 e. The average molecular weight is 619 g/mol. The van der Waals surface area contributed by atoms with Gasteiger partial charge in [0.2, 0.25) is 0 Å². The Kier molecular flexibility index (Phi) is 9.80. The highest BCUT2D eigenvalue weighted by Gasteiger charge is 2.18. The van der Waals surface area contributed by atoms with Crippen LogP contribution in [-0.4, -0.2) is 80.2 Å². The van der Waals surface area contributed by atoms with Crippen molar-refractivity contribution < 1.29 is 4.39 Å². The van der Waals surface area contributed by atoms with Crippen LogP contribution in [0.15, 0.2) is 73.1 Å². The number of benzene rings is 1. The van der Waals surface area contributed by atoms with E-state index in [0.29, 0.717) is 28.3 Å². The Balaban J connectivity index is 1.28. The molecule has 5 aromatic rings. The first-order valence-electron chi connectivity index (χ1n) is 16.3. The highest BCUT2D eigenvalue weighted by atomic mass is 19.1. The van der Waals surface area contributed by atoms with Crippen molar-refractivity contribution in [1.29, 1.82) is 0 Å². The second-order valence-electron chi connectivity index (χ2n) is 12.4. The summed E-state index contributed by atoms with van der Waals surface area (Å²) in [6, 6.07) is 9.11. The van der Waals surface area contributed by atoms with Gasteiger partial charge in [-0.1, -0.05) is 18.7 Å².